The second-order valence-corrected chi connectivity index (χ2v) is 9.62. The van der Waals surface area contributed by atoms with E-state index in [2.05, 4.69) is 20.5 Å². The summed E-state index contributed by atoms with van der Waals surface area (Å²) in [6.45, 7) is 5.35. The molecule has 1 aliphatic rings. The normalized spacial score (nSPS) is 14.0. The molecule has 0 bridgehead atoms. The molecule has 0 saturated heterocycles. The Morgan fingerprint density at radius 3 is 2.39 bits per heavy atom. The Kier molecular flexibility index (Phi) is 6.02. The van der Waals surface area contributed by atoms with Gasteiger partial charge in [0.2, 0.25) is 5.91 Å². The maximum atomic E-state index is 13.8. The molecule has 3 aromatic heterocycles. The number of carbonyl (C=O) groups excluding carboxylic acids is 1. The van der Waals surface area contributed by atoms with E-state index in [1.807, 2.05) is 19.1 Å². The predicted molar refractivity (Wildman–Crippen MR) is 130 cm³/mol. The summed E-state index contributed by atoms with van der Waals surface area (Å²) in [6, 6.07) is 8.53. The second-order valence-electron chi connectivity index (χ2n) is 9.19. The lowest BCUT2D eigenvalue weighted by atomic mass is 10.1. The van der Waals surface area contributed by atoms with Gasteiger partial charge < -0.3 is 5.32 Å². The lowest BCUT2D eigenvalue weighted by Gasteiger charge is -2.11. The topological polar surface area (TPSA) is 77.6 Å². The zero-order valence-electron chi connectivity index (χ0n) is 19.9. The fourth-order valence-corrected chi connectivity index (χ4v) is 4.53. The Balaban J connectivity index is 1.41. The standard InChI is InChI=1S/C25H24ClF3N6O/c1-13-22-19(25(27,28)29)10-20(17-6-7-17)30-24(22)35(32-13)12-21(36)31-23-14(2)33-34(15(23)3)11-16-4-8-18(26)9-5-16/h4-5,8-10,17H,6-7,11-12H2,1-3H3,(H,31,36). The van der Waals surface area contributed by atoms with Crippen LogP contribution < -0.4 is 5.32 Å². The summed E-state index contributed by atoms with van der Waals surface area (Å²) in [7, 11) is 0. The van der Waals surface area contributed by atoms with Gasteiger partial charge in [0.25, 0.3) is 0 Å². The highest BCUT2D eigenvalue weighted by Crippen LogP contribution is 2.43. The van der Waals surface area contributed by atoms with Crippen molar-refractivity contribution < 1.29 is 18.0 Å². The number of benzene rings is 1. The molecule has 1 amide bonds. The smallest absolute Gasteiger partial charge is 0.321 e. The molecule has 0 atom stereocenters. The minimum absolute atomic E-state index is 0.0183. The number of aryl methyl sites for hydroxylation is 2. The molecule has 0 aliphatic heterocycles. The molecule has 1 saturated carbocycles. The first-order valence-electron chi connectivity index (χ1n) is 11.5. The Labute approximate surface area is 210 Å². The molecule has 4 aromatic rings. The Hall–Kier alpha value is -3.40. The number of nitrogens with zero attached hydrogens (tertiary/aromatic N) is 5. The molecule has 3 heterocycles. The van der Waals surface area contributed by atoms with Gasteiger partial charge in [-0.05, 0) is 57.4 Å². The van der Waals surface area contributed by atoms with Crippen LogP contribution in [0.2, 0.25) is 5.02 Å². The largest absolute Gasteiger partial charge is 0.417 e. The van der Waals surface area contributed by atoms with E-state index >= 15 is 0 Å². The number of halogens is 4. The average molecular weight is 517 g/mol. The molecular weight excluding hydrogens is 493 g/mol. The predicted octanol–water partition coefficient (Wildman–Crippen LogP) is 5.79. The number of rotatable bonds is 6. The van der Waals surface area contributed by atoms with Crippen LogP contribution in [0.3, 0.4) is 0 Å². The van der Waals surface area contributed by atoms with Crippen molar-refractivity contribution in [3.05, 3.63) is 69.3 Å². The summed E-state index contributed by atoms with van der Waals surface area (Å²) in [5.74, 6) is -0.409. The van der Waals surface area contributed by atoms with Crippen LogP contribution in [0.4, 0.5) is 18.9 Å². The van der Waals surface area contributed by atoms with Gasteiger partial charge in [0.1, 0.15) is 6.54 Å². The molecular formula is C25H24ClF3N6O. The molecule has 11 heteroatoms. The molecule has 0 radical (unpaired) electrons. The van der Waals surface area contributed by atoms with Gasteiger partial charge >= 0.3 is 6.18 Å². The molecule has 1 aliphatic carbocycles. The zero-order valence-corrected chi connectivity index (χ0v) is 20.7. The van der Waals surface area contributed by atoms with Crippen molar-refractivity contribution in [1.29, 1.82) is 0 Å². The average Bonchev–Trinajstić information content (AvgIpc) is 3.57. The summed E-state index contributed by atoms with van der Waals surface area (Å²) in [5.41, 5.74) is 2.84. The number of nitrogens with one attached hydrogen (secondary N) is 1. The Morgan fingerprint density at radius 2 is 1.75 bits per heavy atom. The number of pyridine rings is 1. The van der Waals surface area contributed by atoms with E-state index in [4.69, 9.17) is 11.6 Å². The minimum Gasteiger partial charge on any atom is -0.321 e. The maximum absolute atomic E-state index is 13.8. The number of hydrogen-bond donors (Lipinski definition) is 1. The molecule has 7 nitrogen and oxygen atoms in total. The summed E-state index contributed by atoms with van der Waals surface area (Å²) in [4.78, 5) is 17.5. The summed E-state index contributed by atoms with van der Waals surface area (Å²) < 4.78 is 44.5. The molecule has 1 aromatic carbocycles. The van der Waals surface area contributed by atoms with E-state index in [0.29, 0.717) is 28.6 Å². The monoisotopic (exact) mass is 516 g/mol. The fraction of sp³-hybridized carbons (Fsp3) is 0.360. The third-order valence-electron chi connectivity index (χ3n) is 6.38. The number of carbonyl (C=O) groups is 1. The van der Waals surface area contributed by atoms with Gasteiger partial charge in [-0.25, -0.2) is 9.67 Å². The highest BCUT2D eigenvalue weighted by atomic mass is 35.5. The number of fused-ring (bicyclic) bond motifs is 1. The van der Waals surface area contributed by atoms with Crippen molar-refractivity contribution >= 4 is 34.2 Å². The highest BCUT2D eigenvalue weighted by Gasteiger charge is 2.37. The third kappa shape index (κ3) is 4.69. The second kappa shape index (κ2) is 8.92. The quantitative estimate of drug-likeness (QED) is 0.352. The van der Waals surface area contributed by atoms with E-state index in [-0.39, 0.29) is 29.2 Å². The van der Waals surface area contributed by atoms with Gasteiger partial charge in [0.05, 0.1) is 40.3 Å². The first-order valence-corrected chi connectivity index (χ1v) is 11.9. The van der Waals surface area contributed by atoms with Crippen molar-refractivity contribution in [2.24, 2.45) is 0 Å². The van der Waals surface area contributed by atoms with E-state index in [0.717, 1.165) is 30.2 Å². The molecule has 188 valence electrons. The zero-order chi connectivity index (χ0) is 25.8. The SMILES string of the molecule is Cc1nn(Cc2ccc(Cl)cc2)c(C)c1NC(=O)Cn1nc(C)c2c(C(F)(F)F)cc(C3CC3)nc21. The first-order chi connectivity index (χ1) is 17.0. The van der Waals surface area contributed by atoms with Gasteiger partial charge in [-0.15, -0.1) is 0 Å². The van der Waals surface area contributed by atoms with Crippen molar-refractivity contribution in [3.8, 4) is 0 Å². The number of hydrogen-bond acceptors (Lipinski definition) is 4. The van der Waals surface area contributed by atoms with E-state index in [1.54, 1.807) is 23.7 Å². The van der Waals surface area contributed by atoms with Crippen LogP contribution in [0.5, 0.6) is 0 Å². The van der Waals surface area contributed by atoms with Crippen molar-refractivity contribution in [1.82, 2.24) is 24.5 Å². The van der Waals surface area contributed by atoms with E-state index < -0.39 is 17.6 Å². The van der Waals surface area contributed by atoms with Gasteiger partial charge in [0, 0.05) is 16.6 Å². The van der Waals surface area contributed by atoms with Crippen LogP contribution in [-0.2, 0) is 24.1 Å². The molecule has 0 unspecified atom stereocenters. The summed E-state index contributed by atoms with van der Waals surface area (Å²) in [5, 5.41) is 12.2. The van der Waals surface area contributed by atoms with Gasteiger partial charge in [0.15, 0.2) is 5.65 Å². The molecule has 5 rings (SSSR count). The minimum atomic E-state index is -4.54. The number of amides is 1. The summed E-state index contributed by atoms with van der Waals surface area (Å²) in [6.07, 6.45) is -2.93. The van der Waals surface area contributed by atoms with Crippen LogP contribution in [0.25, 0.3) is 11.0 Å². The lowest BCUT2D eigenvalue weighted by Crippen LogP contribution is -2.21. The third-order valence-corrected chi connectivity index (χ3v) is 6.64. The van der Waals surface area contributed by atoms with Crippen LogP contribution in [0.1, 0.15) is 52.7 Å². The van der Waals surface area contributed by atoms with Crippen LogP contribution in [0.15, 0.2) is 30.3 Å². The number of alkyl halides is 3. The molecule has 1 fully saturated rings. The van der Waals surface area contributed by atoms with Crippen LogP contribution in [-0.4, -0.2) is 30.5 Å². The maximum Gasteiger partial charge on any atom is 0.417 e. The highest BCUT2D eigenvalue weighted by molar-refractivity contribution is 6.30. The van der Waals surface area contributed by atoms with Gasteiger partial charge in [-0.2, -0.15) is 23.4 Å². The van der Waals surface area contributed by atoms with E-state index in [9.17, 15) is 18.0 Å². The number of aromatic nitrogens is 5. The summed E-state index contributed by atoms with van der Waals surface area (Å²) >= 11 is 5.96. The van der Waals surface area contributed by atoms with Crippen LogP contribution in [0, 0.1) is 20.8 Å². The van der Waals surface area contributed by atoms with Gasteiger partial charge in [-0.1, -0.05) is 23.7 Å². The molecule has 1 N–H and O–H groups in total. The Morgan fingerprint density at radius 1 is 1.08 bits per heavy atom. The van der Waals surface area contributed by atoms with Crippen molar-refractivity contribution in [3.63, 3.8) is 0 Å². The van der Waals surface area contributed by atoms with Crippen LogP contribution >= 0.6 is 11.6 Å². The van der Waals surface area contributed by atoms with Gasteiger partial charge in [-0.3, -0.25) is 9.48 Å². The lowest BCUT2D eigenvalue weighted by molar-refractivity contribution is -0.136. The van der Waals surface area contributed by atoms with Crippen molar-refractivity contribution in [2.45, 2.75) is 58.8 Å². The van der Waals surface area contributed by atoms with Crippen molar-refractivity contribution in [2.75, 3.05) is 5.32 Å². The Bertz CT molecular complexity index is 1470. The fourth-order valence-electron chi connectivity index (χ4n) is 4.40. The van der Waals surface area contributed by atoms with E-state index in [1.165, 1.54) is 11.6 Å². The molecule has 0 spiro atoms. The molecule has 36 heavy (non-hydrogen) atoms. The number of anilines is 1. The first kappa shape index (κ1) is 24.3.